The van der Waals surface area contributed by atoms with Gasteiger partial charge in [-0.1, -0.05) is 0 Å². The van der Waals surface area contributed by atoms with E-state index in [9.17, 15) is 0 Å². The van der Waals surface area contributed by atoms with Gasteiger partial charge in [0, 0.05) is 0 Å². The van der Waals surface area contributed by atoms with E-state index in [1.165, 1.54) is 6.21 Å². The number of nitrogens with zero attached hydrogens (tertiary/aromatic N) is 3. The first-order valence-corrected chi connectivity index (χ1v) is 3.18. The van der Waals surface area contributed by atoms with Gasteiger partial charge in [0.1, 0.15) is 12.3 Å². The highest BCUT2D eigenvalue weighted by Crippen LogP contribution is 1.95. The minimum absolute atomic E-state index is 0.711. The summed E-state index contributed by atoms with van der Waals surface area (Å²) in [6, 6.07) is 1.84. The Kier molecular flexibility index (Phi) is 2.71. The van der Waals surface area contributed by atoms with Gasteiger partial charge in [0.05, 0.1) is 26.3 Å². The molecule has 0 saturated carbocycles. The van der Waals surface area contributed by atoms with Gasteiger partial charge in [0.25, 0.3) is 0 Å². The maximum atomic E-state index is 8.14. The number of hydrazone groups is 1. The molecular formula is C6H9N3O. The molecule has 0 spiro atoms. The highest BCUT2D eigenvalue weighted by molar-refractivity contribution is 5.74. The Labute approximate surface area is 59.7 Å². The summed E-state index contributed by atoms with van der Waals surface area (Å²) in [5.74, 6) is 0. The van der Waals surface area contributed by atoms with Crippen LogP contribution in [0.4, 0.5) is 0 Å². The summed E-state index contributed by atoms with van der Waals surface area (Å²) in [7, 11) is 0. The van der Waals surface area contributed by atoms with Gasteiger partial charge >= 0.3 is 0 Å². The molecule has 1 heterocycles. The van der Waals surface area contributed by atoms with E-state index >= 15 is 0 Å². The minimum Gasteiger partial charge on any atom is -0.378 e. The largest absolute Gasteiger partial charge is 0.378 e. The van der Waals surface area contributed by atoms with Gasteiger partial charge in [-0.05, 0) is 0 Å². The molecule has 54 valence electrons. The van der Waals surface area contributed by atoms with Gasteiger partial charge in [0.2, 0.25) is 0 Å². The Hall–Kier alpha value is -1.08. The first kappa shape index (κ1) is 7.03. The minimum atomic E-state index is 0.711. The van der Waals surface area contributed by atoms with Crippen molar-refractivity contribution in [3.63, 3.8) is 0 Å². The van der Waals surface area contributed by atoms with Crippen LogP contribution in [0.2, 0.25) is 0 Å². The number of rotatable bonds is 1. The maximum Gasteiger partial charge on any atom is 0.124 e. The van der Waals surface area contributed by atoms with E-state index < -0.39 is 0 Å². The summed E-state index contributed by atoms with van der Waals surface area (Å²) >= 11 is 0. The molecule has 0 aromatic carbocycles. The first-order valence-electron chi connectivity index (χ1n) is 3.18. The zero-order valence-electron chi connectivity index (χ0n) is 5.66. The van der Waals surface area contributed by atoms with E-state index in [-0.39, 0.29) is 0 Å². The average molecular weight is 139 g/mol. The molecule has 0 aromatic heterocycles. The van der Waals surface area contributed by atoms with E-state index in [2.05, 4.69) is 5.10 Å². The standard InChI is InChI=1S/C6H9N3O/c7-1-2-8-9-3-5-10-6-4-9/h2H,3-6H2/b8-2-. The molecule has 0 unspecified atom stereocenters. The van der Waals surface area contributed by atoms with Crippen molar-refractivity contribution >= 4 is 6.21 Å². The smallest absolute Gasteiger partial charge is 0.124 e. The second kappa shape index (κ2) is 3.85. The molecule has 0 amide bonds. The summed E-state index contributed by atoms with van der Waals surface area (Å²) in [6.45, 7) is 3.00. The third kappa shape index (κ3) is 2.03. The molecule has 1 rings (SSSR count). The van der Waals surface area contributed by atoms with Crippen LogP contribution < -0.4 is 0 Å². The molecule has 0 aromatic rings. The molecule has 4 heteroatoms. The summed E-state index contributed by atoms with van der Waals surface area (Å²) in [6.07, 6.45) is 1.24. The molecule has 1 fully saturated rings. The summed E-state index contributed by atoms with van der Waals surface area (Å²) in [5, 5.41) is 13.8. The maximum absolute atomic E-state index is 8.14. The monoisotopic (exact) mass is 139 g/mol. The third-order valence-corrected chi connectivity index (χ3v) is 1.27. The van der Waals surface area contributed by atoms with Crippen LogP contribution in [-0.4, -0.2) is 37.5 Å². The summed E-state index contributed by atoms with van der Waals surface area (Å²) in [5.41, 5.74) is 0. The van der Waals surface area contributed by atoms with Crippen molar-refractivity contribution in [2.24, 2.45) is 5.10 Å². The number of nitriles is 1. The Morgan fingerprint density at radius 3 is 2.80 bits per heavy atom. The van der Waals surface area contributed by atoms with Crippen LogP contribution >= 0.6 is 0 Å². The molecule has 0 radical (unpaired) electrons. The van der Waals surface area contributed by atoms with Gasteiger partial charge in [-0.15, -0.1) is 0 Å². The van der Waals surface area contributed by atoms with Crippen LogP contribution in [0.15, 0.2) is 5.10 Å². The van der Waals surface area contributed by atoms with Crippen LogP contribution in [0.3, 0.4) is 0 Å². The quantitative estimate of drug-likeness (QED) is 0.474. The van der Waals surface area contributed by atoms with Crippen molar-refractivity contribution in [3.05, 3.63) is 0 Å². The number of morpholine rings is 1. The van der Waals surface area contributed by atoms with Crippen molar-refractivity contribution in [2.75, 3.05) is 26.3 Å². The fraction of sp³-hybridized carbons (Fsp3) is 0.667. The lowest BCUT2D eigenvalue weighted by atomic mass is 10.5. The molecule has 1 aliphatic rings. The molecule has 4 nitrogen and oxygen atoms in total. The van der Waals surface area contributed by atoms with Crippen molar-refractivity contribution < 1.29 is 4.74 Å². The van der Waals surface area contributed by atoms with Crippen LogP contribution in [-0.2, 0) is 4.74 Å². The van der Waals surface area contributed by atoms with Gasteiger partial charge < -0.3 is 4.74 Å². The third-order valence-electron chi connectivity index (χ3n) is 1.27. The van der Waals surface area contributed by atoms with Crippen molar-refractivity contribution in [2.45, 2.75) is 0 Å². The van der Waals surface area contributed by atoms with Crippen LogP contribution in [0, 0.1) is 11.3 Å². The molecule has 0 atom stereocenters. The zero-order valence-corrected chi connectivity index (χ0v) is 5.66. The fourth-order valence-corrected chi connectivity index (χ4v) is 0.777. The second-order valence-corrected chi connectivity index (χ2v) is 1.94. The summed E-state index contributed by atoms with van der Waals surface area (Å²) in [4.78, 5) is 0. The molecule has 10 heavy (non-hydrogen) atoms. The van der Waals surface area contributed by atoms with E-state index in [1.807, 2.05) is 11.1 Å². The van der Waals surface area contributed by atoms with Gasteiger partial charge in [-0.2, -0.15) is 10.4 Å². The highest BCUT2D eigenvalue weighted by Gasteiger charge is 2.05. The zero-order chi connectivity index (χ0) is 7.23. The predicted molar refractivity (Wildman–Crippen MR) is 36.5 cm³/mol. The van der Waals surface area contributed by atoms with Crippen molar-refractivity contribution in [1.29, 1.82) is 5.26 Å². The Balaban J connectivity index is 2.27. The lowest BCUT2D eigenvalue weighted by Gasteiger charge is -2.22. The molecule has 0 aliphatic carbocycles. The van der Waals surface area contributed by atoms with Gasteiger partial charge in [-0.25, -0.2) is 0 Å². The number of hydrogen-bond donors (Lipinski definition) is 0. The van der Waals surface area contributed by atoms with Crippen LogP contribution in [0.5, 0.6) is 0 Å². The number of ether oxygens (including phenoxy) is 1. The SMILES string of the molecule is N#C/C=N\N1CCOCC1. The Bertz CT molecular complexity index is 155. The second-order valence-electron chi connectivity index (χ2n) is 1.94. The molecule has 1 aliphatic heterocycles. The van der Waals surface area contributed by atoms with Gasteiger partial charge in [-0.3, -0.25) is 5.01 Å². The van der Waals surface area contributed by atoms with Gasteiger partial charge in [0.15, 0.2) is 0 Å². The molecular weight excluding hydrogens is 130 g/mol. The highest BCUT2D eigenvalue weighted by atomic mass is 16.5. The first-order chi connectivity index (χ1) is 4.93. The summed E-state index contributed by atoms with van der Waals surface area (Å²) < 4.78 is 5.08. The lowest BCUT2D eigenvalue weighted by Crippen LogP contribution is -2.32. The van der Waals surface area contributed by atoms with Crippen LogP contribution in [0.1, 0.15) is 0 Å². The Morgan fingerprint density at radius 1 is 1.50 bits per heavy atom. The van der Waals surface area contributed by atoms with Crippen molar-refractivity contribution in [1.82, 2.24) is 5.01 Å². The van der Waals surface area contributed by atoms with E-state index in [4.69, 9.17) is 10.00 Å². The van der Waals surface area contributed by atoms with E-state index in [1.54, 1.807) is 0 Å². The number of hydrogen-bond acceptors (Lipinski definition) is 4. The fourth-order valence-electron chi connectivity index (χ4n) is 0.777. The average Bonchev–Trinajstić information content (AvgIpc) is 2.03. The van der Waals surface area contributed by atoms with Crippen molar-refractivity contribution in [3.8, 4) is 6.07 Å². The normalized spacial score (nSPS) is 19.3. The Morgan fingerprint density at radius 2 is 2.20 bits per heavy atom. The van der Waals surface area contributed by atoms with E-state index in [0.717, 1.165) is 13.1 Å². The van der Waals surface area contributed by atoms with Crippen LogP contribution in [0.25, 0.3) is 0 Å². The van der Waals surface area contributed by atoms with E-state index in [0.29, 0.717) is 13.2 Å². The predicted octanol–water partition coefficient (Wildman–Crippen LogP) is -0.172. The molecule has 0 N–H and O–H groups in total. The lowest BCUT2D eigenvalue weighted by molar-refractivity contribution is 0.0397. The molecule has 0 bridgehead atoms. The topological polar surface area (TPSA) is 48.6 Å². The molecule has 1 saturated heterocycles.